The summed E-state index contributed by atoms with van der Waals surface area (Å²) in [5.41, 5.74) is 9.24. The maximum absolute atomic E-state index is 12.9. The fourth-order valence-corrected chi connectivity index (χ4v) is 3.01. The van der Waals surface area contributed by atoms with Crippen molar-refractivity contribution in [1.82, 2.24) is 4.90 Å². The van der Waals surface area contributed by atoms with E-state index in [1.807, 2.05) is 42.5 Å². The van der Waals surface area contributed by atoms with Crippen molar-refractivity contribution in [2.75, 3.05) is 19.8 Å². The Morgan fingerprint density at radius 1 is 1.26 bits per heavy atom. The molecule has 1 aliphatic heterocycles. The summed E-state index contributed by atoms with van der Waals surface area (Å²) >= 11 is 0. The molecule has 1 amide bonds. The molecule has 23 heavy (non-hydrogen) atoms. The standard InChI is InChI=1S/C19H20FN2O/c20-10-8-16-12-15(14-4-2-1-3-5-14)6-7-18(16)19(23)22-11-9-17(21)13-22/h2-7,12,17H,8-11,13,21H2/t17-/m0/s1. The Morgan fingerprint density at radius 3 is 2.70 bits per heavy atom. The predicted octanol–water partition coefficient (Wildman–Crippen LogP) is 2.84. The third-order valence-corrected chi connectivity index (χ3v) is 4.26. The van der Waals surface area contributed by atoms with E-state index in [-0.39, 0.29) is 18.4 Å². The number of amides is 1. The minimum Gasteiger partial charge on any atom is -0.337 e. The highest BCUT2D eigenvalue weighted by molar-refractivity contribution is 5.96. The number of aryl methyl sites for hydroxylation is 1. The van der Waals surface area contributed by atoms with Gasteiger partial charge in [0.25, 0.3) is 5.91 Å². The topological polar surface area (TPSA) is 46.3 Å². The largest absolute Gasteiger partial charge is 0.337 e. The van der Waals surface area contributed by atoms with Crippen LogP contribution in [-0.2, 0) is 6.42 Å². The van der Waals surface area contributed by atoms with Crippen molar-refractivity contribution in [3.8, 4) is 11.1 Å². The highest BCUT2D eigenvalue weighted by Crippen LogP contribution is 2.24. The van der Waals surface area contributed by atoms with Gasteiger partial charge < -0.3 is 10.6 Å². The molecule has 3 rings (SSSR count). The molecule has 1 saturated heterocycles. The molecule has 1 radical (unpaired) electrons. The van der Waals surface area contributed by atoms with E-state index in [2.05, 4.69) is 6.07 Å². The van der Waals surface area contributed by atoms with Crippen molar-refractivity contribution >= 4 is 5.91 Å². The van der Waals surface area contributed by atoms with Crippen LogP contribution in [0.2, 0.25) is 0 Å². The first-order valence-corrected chi connectivity index (χ1v) is 7.89. The molecule has 1 aliphatic rings. The van der Waals surface area contributed by atoms with Gasteiger partial charge in [0.05, 0.1) is 6.67 Å². The van der Waals surface area contributed by atoms with E-state index in [1.165, 1.54) is 0 Å². The SMILES string of the molecule is N[C@H]1CCN(C(=O)c2ccc(-c3cc[c]cc3)cc2CCF)C1. The Kier molecular flexibility index (Phi) is 4.72. The number of benzene rings is 2. The Bertz CT molecular complexity index is 687. The van der Waals surface area contributed by atoms with E-state index in [1.54, 1.807) is 4.90 Å². The fraction of sp³-hybridized carbons (Fsp3) is 0.316. The first-order chi connectivity index (χ1) is 11.2. The Hall–Kier alpha value is -2.20. The summed E-state index contributed by atoms with van der Waals surface area (Å²) in [5.74, 6) is -0.0469. The molecule has 1 fully saturated rings. The van der Waals surface area contributed by atoms with Crippen LogP contribution < -0.4 is 5.73 Å². The van der Waals surface area contributed by atoms with Gasteiger partial charge in [-0.25, -0.2) is 0 Å². The van der Waals surface area contributed by atoms with Crippen LogP contribution >= 0.6 is 0 Å². The van der Waals surface area contributed by atoms with Crippen molar-refractivity contribution in [3.05, 3.63) is 59.7 Å². The quantitative estimate of drug-likeness (QED) is 0.944. The smallest absolute Gasteiger partial charge is 0.254 e. The van der Waals surface area contributed by atoms with Crippen molar-refractivity contribution < 1.29 is 9.18 Å². The molecule has 0 saturated carbocycles. The normalized spacial score (nSPS) is 17.5. The Morgan fingerprint density at radius 2 is 2.04 bits per heavy atom. The number of alkyl halides is 1. The van der Waals surface area contributed by atoms with E-state index in [4.69, 9.17) is 5.73 Å². The van der Waals surface area contributed by atoms with Crippen LogP contribution in [-0.4, -0.2) is 36.6 Å². The lowest BCUT2D eigenvalue weighted by Gasteiger charge is -2.18. The summed E-state index contributed by atoms with van der Waals surface area (Å²) in [7, 11) is 0. The molecular weight excluding hydrogens is 291 g/mol. The van der Waals surface area contributed by atoms with Gasteiger partial charge in [-0.05, 0) is 35.2 Å². The molecule has 2 aromatic rings. The monoisotopic (exact) mass is 311 g/mol. The van der Waals surface area contributed by atoms with E-state index in [0.717, 1.165) is 23.1 Å². The molecule has 0 aliphatic carbocycles. The lowest BCUT2D eigenvalue weighted by Crippen LogP contribution is -2.32. The van der Waals surface area contributed by atoms with Crippen LogP contribution in [0.1, 0.15) is 22.3 Å². The number of hydrogen-bond donors (Lipinski definition) is 1. The second-order valence-electron chi connectivity index (χ2n) is 5.90. The Labute approximate surface area is 135 Å². The zero-order valence-electron chi connectivity index (χ0n) is 13.0. The number of hydrogen-bond acceptors (Lipinski definition) is 2. The van der Waals surface area contributed by atoms with E-state index in [9.17, 15) is 9.18 Å². The number of rotatable bonds is 4. The lowest BCUT2D eigenvalue weighted by molar-refractivity contribution is 0.0789. The van der Waals surface area contributed by atoms with Gasteiger partial charge in [0, 0.05) is 31.1 Å². The van der Waals surface area contributed by atoms with E-state index < -0.39 is 6.67 Å². The molecule has 2 N–H and O–H groups in total. The van der Waals surface area contributed by atoms with Crippen LogP contribution in [0.15, 0.2) is 42.5 Å². The van der Waals surface area contributed by atoms with Crippen LogP contribution in [0.5, 0.6) is 0 Å². The van der Waals surface area contributed by atoms with Crippen molar-refractivity contribution in [3.63, 3.8) is 0 Å². The molecule has 2 aromatic carbocycles. The number of halogens is 1. The maximum atomic E-state index is 12.9. The van der Waals surface area contributed by atoms with Crippen LogP contribution in [0.4, 0.5) is 4.39 Å². The molecule has 1 atom stereocenters. The fourth-order valence-electron chi connectivity index (χ4n) is 3.01. The highest BCUT2D eigenvalue weighted by atomic mass is 19.1. The molecule has 3 nitrogen and oxygen atoms in total. The zero-order valence-corrected chi connectivity index (χ0v) is 13.0. The van der Waals surface area contributed by atoms with Crippen LogP contribution in [0.3, 0.4) is 0 Å². The van der Waals surface area contributed by atoms with Crippen LogP contribution in [0, 0.1) is 6.07 Å². The van der Waals surface area contributed by atoms with Crippen LogP contribution in [0.25, 0.3) is 11.1 Å². The van der Waals surface area contributed by atoms with Crippen molar-refractivity contribution in [2.24, 2.45) is 5.73 Å². The van der Waals surface area contributed by atoms with Crippen molar-refractivity contribution in [2.45, 2.75) is 18.9 Å². The summed E-state index contributed by atoms with van der Waals surface area (Å²) in [5, 5.41) is 0. The average Bonchev–Trinajstić information content (AvgIpc) is 3.02. The summed E-state index contributed by atoms with van der Waals surface area (Å²) in [6.45, 7) is 0.765. The van der Waals surface area contributed by atoms with E-state index >= 15 is 0 Å². The van der Waals surface area contributed by atoms with Gasteiger partial charge in [-0.3, -0.25) is 9.18 Å². The summed E-state index contributed by atoms with van der Waals surface area (Å²) in [6, 6.07) is 16.3. The summed E-state index contributed by atoms with van der Waals surface area (Å²) in [4.78, 5) is 14.4. The van der Waals surface area contributed by atoms with Gasteiger partial charge >= 0.3 is 0 Å². The molecule has 0 unspecified atom stereocenters. The highest BCUT2D eigenvalue weighted by Gasteiger charge is 2.26. The van der Waals surface area contributed by atoms with Gasteiger partial charge in [-0.2, -0.15) is 0 Å². The number of nitrogens with two attached hydrogens (primary N) is 1. The van der Waals surface area contributed by atoms with Crippen molar-refractivity contribution in [1.29, 1.82) is 0 Å². The molecular formula is C19H20FN2O. The number of nitrogens with zero attached hydrogens (tertiary/aromatic N) is 1. The summed E-state index contributed by atoms with van der Waals surface area (Å²) < 4.78 is 12.9. The van der Waals surface area contributed by atoms with Gasteiger partial charge in [-0.15, -0.1) is 0 Å². The van der Waals surface area contributed by atoms with Gasteiger partial charge in [0.15, 0.2) is 0 Å². The number of carbonyl (C=O) groups excluding carboxylic acids is 1. The Balaban J connectivity index is 1.92. The van der Waals surface area contributed by atoms with E-state index in [0.29, 0.717) is 18.7 Å². The minimum absolute atomic E-state index is 0.0448. The van der Waals surface area contributed by atoms with Gasteiger partial charge in [0.2, 0.25) is 0 Å². The predicted molar refractivity (Wildman–Crippen MR) is 88.9 cm³/mol. The number of carbonyl (C=O) groups is 1. The van der Waals surface area contributed by atoms with Gasteiger partial charge in [0.1, 0.15) is 0 Å². The first kappa shape index (κ1) is 15.7. The average molecular weight is 311 g/mol. The molecule has 4 heteroatoms. The lowest BCUT2D eigenvalue weighted by atomic mass is 9.97. The molecule has 0 bridgehead atoms. The van der Waals surface area contributed by atoms with Gasteiger partial charge in [-0.1, -0.05) is 36.4 Å². The molecule has 1 heterocycles. The molecule has 119 valence electrons. The maximum Gasteiger partial charge on any atom is 0.254 e. The molecule has 0 aromatic heterocycles. The zero-order chi connectivity index (χ0) is 16.2. The molecule has 0 spiro atoms. The number of likely N-dealkylation sites (tertiary alicyclic amines) is 1. The summed E-state index contributed by atoms with van der Waals surface area (Å²) in [6.07, 6.45) is 1.07. The second-order valence-corrected chi connectivity index (χ2v) is 5.90. The third kappa shape index (κ3) is 3.42. The first-order valence-electron chi connectivity index (χ1n) is 7.89. The third-order valence-electron chi connectivity index (χ3n) is 4.26. The minimum atomic E-state index is -0.480. The second kappa shape index (κ2) is 6.92.